The summed E-state index contributed by atoms with van der Waals surface area (Å²) in [6.45, 7) is 1.16. The van der Waals surface area contributed by atoms with E-state index in [1.807, 2.05) is 0 Å². The van der Waals surface area contributed by atoms with Crippen LogP contribution in [-0.4, -0.2) is 37.2 Å². The molecule has 10 heavy (non-hydrogen) atoms. The van der Waals surface area contributed by atoms with Gasteiger partial charge in [0.2, 0.25) is 0 Å². The first-order valence-corrected chi connectivity index (χ1v) is 3.74. The molecule has 0 amide bonds. The minimum absolute atomic E-state index is 0.231. The van der Waals surface area contributed by atoms with E-state index in [-0.39, 0.29) is 5.54 Å². The summed E-state index contributed by atoms with van der Waals surface area (Å²) >= 11 is 0. The van der Waals surface area contributed by atoms with Gasteiger partial charge in [-0.3, -0.25) is 4.90 Å². The topological polar surface area (TPSA) is 12.5 Å². The van der Waals surface area contributed by atoms with Crippen LogP contribution < -0.4 is 0 Å². The van der Waals surface area contributed by atoms with Crippen LogP contribution in [0.2, 0.25) is 0 Å². The van der Waals surface area contributed by atoms with Gasteiger partial charge in [-0.2, -0.15) is 0 Å². The van der Waals surface area contributed by atoms with Crippen LogP contribution in [0.1, 0.15) is 6.42 Å². The van der Waals surface area contributed by atoms with Crippen molar-refractivity contribution in [3.63, 3.8) is 0 Å². The standard InChI is InChI=1S/C8H13NO/c1-9-6-3-7(10-2)8(9)4-5-8/h4-5,7H,3,6H2,1-2H3. The lowest BCUT2D eigenvalue weighted by molar-refractivity contribution is 0.0717. The normalized spacial score (nSPS) is 35.6. The van der Waals surface area contributed by atoms with Crippen molar-refractivity contribution in [3.8, 4) is 0 Å². The number of methoxy groups -OCH3 is 1. The van der Waals surface area contributed by atoms with Crippen molar-refractivity contribution in [2.24, 2.45) is 0 Å². The molecule has 1 aliphatic heterocycles. The fraction of sp³-hybridized carbons (Fsp3) is 0.750. The zero-order valence-corrected chi connectivity index (χ0v) is 6.50. The molecule has 1 spiro atoms. The highest BCUT2D eigenvalue weighted by Crippen LogP contribution is 2.41. The number of rotatable bonds is 1. The lowest BCUT2D eigenvalue weighted by Gasteiger charge is -2.23. The van der Waals surface area contributed by atoms with E-state index in [4.69, 9.17) is 4.74 Å². The molecule has 1 heterocycles. The highest BCUT2D eigenvalue weighted by molar-refractivity contribution is 5.38. The quantitative estimate of drug-likeness (QED) is 0.494. The lowest BCUT2D eigenvalue weighted by atomic mass is 10.1. The summed E-state index contributed by atoms with van der Waals surface area (Å²) in [5, 5.41) is 0. The second kappa shape index (κ2) is 1.83. The molecule has 0 radical (unpaired) electrons. The fourth-order valence-corrected chi connectivity index (χ4v) is 1.84. The van der Waals surface area contributed by atoms with E-state index < -0.39 is 0 Å². The smallest absolute Gasteiger partial charge is 0.0841 e. The minimum Gasteiger partial charge on any atom is -0.379 e. The Kier molecular flexibility index (Phi) is 1.17. The molecule has 1 unspecified atom stereocenters. The molecule has 0 saturated carbocycles. The summed E-state index contributed by atoms with van der Waals surface area (Å²) in [6.07, 6.45) is 6.04. The Bertz CT molecular complexity index is 170. The predicted molar refractivity (Wildman–Crippen MR) is 39.9 cm³/mol. The molecule has 0 aromatic rings. The number of likely N-dealkylation sites (tertiary alicyclic amines) is 1. The Morgan fingerprint density at radius 3 is 2.70 bits per heavy atom. The highest BCUT2D eigenvalue weighted by Gasteiger charge is 2.50. The predicted octanol–water partition coefficient (Wildman–Crippen LogP) is 0.645. The molecule has 0 bridgehead atoms. The van der Waals surface area contributed by atoms with Gasteiger partial charge in [0.25, 0.3) is 0 Å². The van der Waals surface area contributed by atoms with Crippen molar-refractivity contribution in [2.75, 3.05) is 20.7 Å². The van der Waals surface area contributed by atoms with Crippen molar-refractivity contribution in [3.05, 3.63) is 12.2 Å². The first kappa shape index (κ1) is 6.38. The van der Waals surface area contributed by atoms with E-state index in [0.29, 0.717) is 6.10 Å². The van der Waals surface area contributed by atoms with Crippen LogP contribution in [0.25, 0.3) is 0 Å². The van der Waals surface area contributed by atoms with Gasteiger partial charge < -0.3 is 4.74 Å². The summed E-state index contributed by atoms with van der Waals surface area (Å²) in [5.41, 5.74) is 0.231. The van der Waals surface area contributed by atoms with Gasteiger partial charge in [-0.25, -0.2) is 0 Å². The molecule has 2 heteroatoms. The molecule has 56 valence electrons. The summed E-state index contributed by atoms with van der Waals surface area (Å²) in [5.74, 6) is 0. The Labute approximate surface area is 61.5 Å². The SMILES string of the molecule is COC1CCN(C)C12C=C2. The maximum absolute atomic E-state index is 5.36. The summed E-state index contributed by atoms with van der Waals surface area (Å²) < 4.78 is 5.36. The lowest BCUT2D eigenvalue weighted by Crippen LogP contribution is -2.37. The van der Waals surface area contributed by atoms with Crippen LogP contribution in [-0.2, 0) is 4.74 Å². The van der Waals surface area contributed by atoms with Crippen LogP contribution in [0, 0.1) is 0 Å². The highest BCUT2D eigenvalue weighted by atomic mass is 16.5. The Morgan fingerprint density at radius 2 is 2.30 bits per heavy atom. The molecular formula is C8H13NO. The number of hydrogen-bond acceptors (Lipinski definition) is 2. The van der Waals surface area contributed by atoms with Crippen molar-refractivity contribution < 1.29 is 4.74 Å². The number of nitrogens with zero attached hydrogens (tertiary/aromatic N) is 1. The van der Waals surface area contributed by atoms with Gasteiger partial charge in [0.1, 0.15) is 0 Å². The Hall–Kier alpha value is -0.340. The van der Waals surface area contributed by atoms with Crippen LogP contribution in [0.3, 0.4) is 0 Å². The Morgan fingerprint density at radius 1 is 1.60 bits per heavy atom. The van der Waals surface area contributed by atoms with E-state index in [2.05, 4.69) is 24.1 Å². The van der Waals surface area contributed by atoms with Gasteiger partial charge in [-0.15, -0.1) is 0 Å². The second-order valence-corrected chi connectivity index (χ2v) is 3.16. The third kappa shape index (κ3) is 0.607. The van der Waals surface area contributed by atoms with E-state index in [0.717, 1.165) is 6.54 Å². The number of ether oxygens (including phenoxy) is 1. The van der Waals surface area contributed by atoms with Crippen LogP contribution in [0.15, 0.2) is 12.2 Å². The molecule has 0 aromatic carbocycles. The third-order valence-corrected chi connectivity index (χ3v) is 2.70. The van der Waals surface area contributed by atoms with Gasteiger partial charge in [0, 0.05) is 13.7 Å². The van der Waals surface area contributed by atoms with Crippen LogP contribution >= 0.6 is 0 Å². The van der Waals surface area contributed by atoms with E-state index in [1.165, 1.54) is 6.42 Å². The third-order valence-electron chi connectivity index (χ3n) is 2.70. The maximum atomic E-state index is 5.36. The number of likely N-dealkylation sites (N-methyl/N-ethyl adjacent to an activating group) is 1. The zero-order valence-electron chi connectivity index (χ0n) is 6.50. The molecule has 2 aliphatic rings. The van der Waals surface area contributed by atoms with Gasteiger partial charge in [0.05, 0.1) is 11.6 Å². The zero-order chi connectivity index (χ0) is 7.19. The summed E-state index contributed by atoms with van der Waals surface area (Å²) in [4.78, 5) is 2.35. The van der Waals surface area contributed by atoms with Gasteiger partial charge in [-0.05, 0) is 13.5 Å². The average molecular weight is 139 g/mol. The van der Waals surface area contributed by atoms with Crippen LogP contribution in [0.5, 0.6) is 0 Å². The molecular weight excluding hydrogens is 126 g/mol. The largest absolute Gasteiger partial charge is 0.379 e. The average Bonchev–Trinajstić information content (AvgIpc) is 2.63. The summed E-state index contributed by atoms with van der Waals surface area (Å²) in [7, 11) is 3.95. The monoisotopic (exact) mass is 139 g/mol. The number of hydrogen-bond donors (Lipinski definition) is 0. The molecule has 0 N–H and O–H groups in total. The van der Waals surface area contributed by atoms with Gasteiger partial charge in [0.15, 0.2) is 0 Å². The molecule has 1 aliphatic carbocycles. The molecule has 0 aromatic heterocycles. The van der Waals surface area contributed by atoms with Gasteiger partial charge >= 0.3 is 0 Å². The van der Waals surface area contributed by atoms with Crippen molar-refractivity contribution in [2.45, 2.75) is 18.1 Å². The maximum Gasteiger partial charge on any atom is 0.0841 e. The van der Waals surface area contributed by atoms with E-state index in [9.17, 15) is 0 Å². The molecule has 1 saturated heterocycles. The van der Waals surface area contributed by atoms with Crippen molar-refractivity contribution in [1.29, 1.82) is 0 Å². The van der Waals surface area contributed by atoms with E-state index in [1.54, 1.807) is 7.11 Å². The van der Waals surface area contributed by atoms with Crippen LogP contribution in [0.4, 0.5) is 0 Å². The summed E-state index contributed by atoms with van der Waals surface area (Å²) in [6, 6.07) is 0. The van der Waals surface area contributed by atoms with Crippen molar-refractivity contribution >= 4 is 0 Å². The molecule has 2 rings (SSSR count). The van der Waals surface area contributed by atoms with Crippen molar-refractivity contribution in [1.82, 2.24) is 4.90 Å². The molecule has 2 nitrogen and oxygen atoms in total. The molecule has 1 fully saturated rings. The van der Waals surface area contributed by atoms with E-state index >= 15 is 0 Å². The van der Waals surface area contributed by atoms with Gasteiger partial charge in [-0.1, -0.05) is 12.2 Å². The Balaban J connectivity index is 2.12. The minimum atomic E-state index is 0.231. The first-order valence-electron chi connectivity index (χ1n) is 3.74. The fourth-order valence-electron chi connectivity index (χ4n) is 1.84. The first-order chi connectivity index (χ1) is 4.79. The second-order valence-electron chi connectivity index (χ2n) is 3.16. The molecule has 1 atom stereocenters.